The predicted octanol–water partition coefficient (Wildman–Crippen LogP) is 30.7. The van der Waals surface area contributed by atoms with Crippen LogP contribution >= 0.6 is 165 Å². The SMILES string of the molecule is C.CC(C)(C)OC(=O)N1CCc2ccc(Cl)cc2C1c1csc(CO)c1.CCc1cc(Br)cs1.CCc1cc(C2NCCc3ccc(Cl)cc32)cs1.CCc1cc(C2c3cc(Cl)ccc3CCN2C(=O)OC(C)(C)C)cs1.CN1CCc2ccc(Cl)cc2C1c1csc(C=O)c1.CN1CCc2ccc(Cl)cc2C1c1csc(CO)c1.C[B]F.Clc1ccc2c(c1)C=NCC2.FF.NCl.[2H]CC. The van der Waals surface area contributed by atoms with Gasteiger partial charge in [0.1, 0.15) is 11.2 Å². The fourth-order valence-electron chi connectivity index (χ4n) is 16.1. The fourth-order valence-corrected chi connectivity index (χ4v) is 22.6. The van der Waals surface area contributed by atoms with Crippen molar-refractivity contribution in [3.63, 3.8) is 0 Å². The van der Waals surface area contributed by atoms with Crippen LogP contribution < -0.4 is 10.6 Å². The van der Waals surface area contributed by atoms with E-state index in [0.29, 0.717) is 43.6 Å². The number of aliphatic hydroxyl groups excluding tert-OH is 2. The highest BCUT2D eigenvalue weighted by molar-refractivity contribution is 9.10. The molecule has 14 nitrogen and oxygen atoms in total. The van der Waals surface area contributed by atoms with E-state index < -0.39 is 11.2 Å². The molecule has 0 aliphatic carbocycles. The standard InChI is InChI=1S/C20H24ClNO2S.C19H22ClNO3S.C15H16ClNOS.C15H14ClNOS.C15H16ClNS.C9H8ClN.C6H7BrS.C2H6.CH3BF.CH4.ClH2N.F2/c1-5-16-10-14(12-25-16)18-17-11-15(21)7-6-13(17)8-9-22(18)19(23)24-20(2,3)4;1-19(2,3)24-18(23)21-7-6-12-4-5-14(20)9-16(12)17(21)13-8-15(10-22)25-11-13;2*1-17-5-4-10-2-3-12(16)7-14(10)15(17)11-6-13(8-18)19-9-11;1-2-13-7-11(9-18-13)15-14-8-12(16)4-3-10(14)5-6-17-15;10-9-2-1-7-3-4-11-6-8(7)5-9;1-2-6-3-5(7)4-8-6;1-2;1-2-3;;2*1-2/h6-7,10-12,18H,5,8-9H2,1-4H3;4-5,8-9,11,17,22H,6-7,10H2,1-3H3;2-3,6-7,9,15,18H,4-5,8H2,1H3;2-3,6-9,15H,4-5H2,1H3;3-4,7-9,15,17H,2,5-6H2,1H3;1-2,5-6H,3-4H2;3-4H,2H2,1H3;1-2H3;1H3;1H4;2H2;/i;;;;;;;1D;;;;. The fraction of sp³-hybridized carbons (Fsp3) is 0.379. The van der Waals surface area contributed by atoms with Gasteiger partial charge in [0.2, 0.25) is 0 Å². The van der Waals surface area contributed by atoms with Gasteiger partial charge in [0.15, 0.2) is 6.29 Å². The molecule has 0 bridgehead atoms. The van der Waals surface area contributed by atoms with Crippen LogP contribution in [0.4, 0.5) is 23.1 Å². The van der Waals surface area contributed by atoms with Gasteiger partial charge in [-0.25, -0.2) is 14.8 Å². The Morgan fingerprint density at radius 2 is 0.830 bits per heavy atom. The number of rotatable bonds is 11. The summed E-state index contributed by atoms with van der Waals surface area (Å²) in [6.07, 6.45) is 11.3. The molecule has 6 aromatic carbocycles. The number of fused-ring (bicyclic) bond motifs is 6. The van der Waals surface area contributed by atoms with Gasteiger partial charge in [-0.05, 0) is 372 Å². The van der Waals surface area contributed by atoms with E-state index in [1.807, 2.05) is 142 Å². The monoisotopic (exact) mass is 2150 g/mol. The summed E-state index contributed by atoms with van der Waals surface area (Å²) in [6.45, 7) is 26.8. The van der Waals surface area contributed by atoms with Gasteiger partial charge in [-0.1, -0.05) is 155 Å². The predicted molar refractivity (Wildman–Crippen MR) is 574 cm³/mol. The van der Waals surface area contributed by atoms with Crippen LogP contribution in [0.1, 0.15) is 244 Å². The van der Waals surface area contributed by atoms with Gasteiger partial charge in [0, 0.05) is 120 Å². The number of aryl methyl sites for hydroxylation is 3. The number of carbonyl (C=O) groups excluding carboxylic acids is 3. The van der Waals surface area contributed by atoms with Crippen molar-refractivity contribution >= 4 is 198 Å². The number of ether oxygens (including phenoxy) is 2. The van der Waals surface area contributed by atoms with Gasteiger partial charge in [-0.15, -0.1) is 68.0 Å². The maximum absolute atomic E-state index is 12.8. The third-order valence-electron chi connectivity index (χ3n) is 22.1. The molecular weight excluding hydrogens is 2040 g/mol. The largest absolute Gasteiger partial charge is 0.444 e. The minimum absolute atomic E-state index is 0. The zero-order chi connectivity index (χ0) is 98.8. The second-order valence-corrected chi connectivity index (χ2v) is 43.0. The van der Waals surface area contributed by atoms with Crippen molar-refractivity contribution in [2.75, 3.05) is 53.4 Å². The molecule has 6 aromatic heterocycles. The van der Waals surface area contributed by atoms with Crippen LogP contribution in [0.15, 0.2) is 187 Å². The van der Waals surface area contributed by atoms with Gasteiger partial charge in [0.05, 0.1) is 48.3 Å². The molecule has 0 fully saturated rings. The number of hydrogen-bond donors (Lipinski definition) is 4. The molecule has 5 unspecified atom stereocenters. The molecule has 2 amide bonds. The first-order valence-electron chi connectivity index (χ1n) is 44.6. The van der Waals surface area contributed by atoms with Crippen LogP contribution in [0.2, 0.25) is 37.0 Å². The van der Waals surface area contributed by atoms with Crippen LogP contribution in [0.25, 0.3) is 0 Å². The number of nitrogens with one attached hydrogen (secondary N) is 1. The van der Waals surface area contributed by atoms with Crippen molar-refractivity contribution in [1.82, 2.24) is 24.9 Å². The number of thiophene rings is 6. The summed E-state index contributed by atoms with van der Waals surface area (Å²) < 4.78 is 44.9. The first-order chi connectivity index (χ1) is 64.7. The molecule has 5 N–H and O–H groups in total. The number of carbonyl (C=O) groups is 3. The van der Waals surface area contributed by atoms with Crippen LogP contribution in [0, 0.1) is 0 Å². The smallest absolute Gasteiger partial charge is 0.411 e. The highest BCUT2D eigenvalue weighted by atomic mass is 79.9. The second-order valence-electron chi connectivity index (χ2n) is 33.5. The molecule has 12 aromatic rings. The molecule has 135 heavy (non-hydrogen) atoms. The molecule has 32 heteroatoms. The van der Waals surface area contributed by atoms with Gasteiger partial charge in [0.25, 0.3) is 0 Å². The molecular formula is C103H122BBrCl7F3N7O7S6. The Kier molecular flexibility index (Phi) is 48.4. The molecule has 18 rings (SSSR count). The Morgan fingerprint density at radius 1 is 0.504 bits per heavy atom. The summed E-state index contributed by atoms with van der Waals surface area (Å²) in [4.78, 5) is 55.8. The van der Waals surface area contributed by atoms with Gasteiger partial charge >= 0.3 is 19.7 Å². The average molecular weight is 2160 g/mol. The topological polar surface area (TPSA) is 173 Å². The molecule has 1 radical (unpaired) electrons. The number of aldehydes is 1. The van der Waals surface area contributed by atoms with E-state index in [4.69, 9.17) is 89.6 Å². The van der Waals surface area contributed by atoms with Crippen molar-refractivity contribution in [3.05, 3.63) is 336 Å². The third-order valence-corrected chi connectivity index (χ3v) is 30.3. The molecule has 727 valence electrons. The normalized spacial score (nSPS) is 16.4. The van der Waals surface area contributed by atoms with E-state index in [1.54, 1.807) is 45.8 Å². The van der Waals surface area contributed by atoms with Crippen molar-refractivity contribution in [1.29, 1.82) is 0 Å². The molecule has 0 saturated carbocycles. The third kappa shape index (κ3) is 33.6. The number of aliphatic imine (C=N–C) groups is 1. The average Bonchev–Trinajstić information content (AvgIpc) is 1.31. The van der Waals surface area contributed by atoms with Crippen LogP contribution in [0.5, 0.6) is 0 Å². The number of benzene rings is 6. The lowest BCUT2D eigenvalue weighted by atomic mass is 9.89. The summed E-state index contributed by atoms with van der Waals surface area (Å²) in [6, 6.07) is 49.4. The van der Waals surface area contributed by atoms with Gasteiger partial charge in [-0.2, -0.15) is 0 Å². The Labute approximate surface area is 866 Å². The number of halogens is 11. The lowest BCUT2D eigenvalue weighted by Crippen LogP contribution is -2.43. The van der Waals surface area contributed by atoms with E-state index in [-0.39, 0.29) is 57.0 Å². The number of hydrogen-bond acceptors (Lipinski definition) is 18. The first-order valence-corrected chi connectivity index (χ1v) is 52.6. The Morgan fingerprint density at radius 3 is 1.19 bits per heavy atom. The van der Waals surface area contributed by atoms with E-state index in [2.05, 4.69) is 188 Å². The maximum atomic E-state index is 12.8. The Balaban J connectivity index is 0.000000216. The Bertz CT molecular complexity index is 5640. The number of nitrogens with two attached hydrogens (primary N) is 1. The zero-order valence-electron chi connectivity index (χ0n) is 78.5. The number of nitrogens with zero attached hydrogens (tertiary/aromatic N) is 5. The van der Waals surface area contributed by atoms with E-state index in [9.17, 15) is 28.9 Å². The van der Waals surface area contributed by atoms with Crippen LogP contribution in [-0.4, -0.2) is 127 Å². The lowest BCUT2D eigenvalue weighted by molar-refractivity contribution is 0.0168. The van der Waals surface area contributed by atoms with E-state index in [1.165, 1.54) is 121 Å². The van der Waals surface area contributed by atoms with Crippen LogP contribution in [-0.2, 0) is 80.5 Å². The van der Waals surface area contributed by atoms with Crippen molar-refractivity contribution in [2.45, 2.75) is 203 Å². The summed E-state index contributed by atoms with van der Waals surface area (Å²) in [7, 11) is 4.76. The van der Waals surface area contributed by atoms with E-state index in [0.717, 1.165) is 147 Å². The van der Waals surface area contributed by atoms with Gasteiger partial charge < -0.3 is 29.3 Å². The molecule has 6 aliphatic heterocycles. The van der Waals surface area contributed by atoms with Crippen molar-refractivity contribution < 1.29 is 48.9 Å². The number of likely N-dealkylation sites (N-methyl/N-ethyl adjacent to an activating group) is 2. The lowest BCUT2D eigenvalue weighted by Gasteiger charge is -2.38. The van der Waals surface area contributed by atoms with Crippen molar-refractivity contribution in [2.24, 2.45) is 10.2 Å². The highest BCUT2D eigenvalue weighted by Gasteiger charge is 2.38. The second kappa shape index (κ2) is 57.4. The Hall–Kier alpha value is -6.48. The van der Waals surface area contributed by atoms with Crippen molar-refractivity contribution in [3.8, 4) is 0 Å². The highest BCUT2D eigenvalue weighted by Crippen LogP contribution is 2.44. The minimum atomic E-state index is -0.554. The molecule has 0 spiro atoms. The minimum Gasteiger partial charge on any atom is -0.444 e. The van der Waals surface area contributed by atoms with Gasteiger partial charge in [-0.3, -0.25) is 29.4 Å². The summed E-state index contributed by atoms with van der Waals surface area (Å²) in [5.74, 6) is 0. The maximum Gasteiger partial charge on any atom is 0.411 e. The number of aliphatic hydroxyl groups is 2. The summed E-state index contributed by atoms with van der Waals surface area (Å²) in [5, 5.41) is 43.5. The summed E-state index contributed by atoms with van der Waals surface area (Å²) in [5.41, 5.74) is 20.0. The summed E-state index contributed by atoms with van der Waals surface area (Å²) >= 11 is 54.2. The van der Waals surface area contributed by atoms with E-state index >= 15 is 0 Å². The first kappa shape index (κ1) is 114. The molecule has 0 saturated heterocycles. The molecule has 6 aliphatic rings. The van der Waals surface area contributed by atoms with Crippen LogP contribution in [0.3, 0.4) is 0 Å². The molecule has 5 atom stereocenters. The molecule has 12 heterocycles. The number of amides is 2. The zero-order valence-corrected chi connectivity index (χ0v) is 89.3. The quantitative estimate of drug-likeness (QED) is 0.0551.